The van der Waals surface area contributed by atoms with E-state index in [0.717, 1.165) is 6.92 Å². The third-order valence-corrected chi connectivity index (χ3v) is 13.4. The summed E-state index contributed by atoms with van der Waals surface area (Å²) in [6.45, 7) is 16.1. The number of rotatable bonds is 14. The maximum Gasteiger partial charge on any atom is 0.351 e. The molecule has 0 bridgehead atoms. The fraction of sp³-hybridized carbons (Fsp3) is 0.702. The first-order valence-corrected chi connectivity index (χ1v) is 23.8. The predicted octanol–water partition coefficient (Wildman–Crippen LogP) is 5.65. The lowest BCUT2D eigenvalue weighted by Gasteiger charge is -2.47. The van der Waals surface area contributed by atoms with Gasteiger partial charge in [-0.15, -0.1) is 11.3 Å². The highest BCUT2D eigenvalue weighted by molar-refractivity contribution is 7.13. The summed E-state index contributed by atoms with van der Waals surface area (Å²) in [7, 11) is 3.59. The molecule has 2 saturated heterocycles. The van der Waals surface area contributed by atoms with Crippen LogP contribution in [0.25, 0.3) is 10.7 Å². The number of halogens is 1. The van der Waals surface area contributed by atoms with E-state index in [0.29, 0.717) is 40.8 Å². The first kappa shape index (κ1) is 55.3. The van der Waals surface area contributed by atoms with Crippen LogP contribution in [0.1, 0.15) is 114 Å². The van der Waals surface area contributed by atoms with Crippen molar-refractivity contribution in [3.05, 3.63) is 29.3 Å². The molecule has 0 radical (unpaired) electrons. The molecule has 13 atom stereocenters. The van der Waals surface area contributed by atoms with E-state index in [1.165, 1.54) is 39.0 Å². The van der Waals surface area contributed by atoms with Gasteiger partial charge in [-0.25, -0.2) is 24.1 Å². The second kappa shape index (κ2) is 23.3. The number of aromatic nitrogens is 2. The molecule has 2 fully saturated rings. The highest BCUT2D eigenvalue weighted by Crippen LogP contribution is 2.39. The van der Waals surface area contributed by atoms with E-state index in [1.807, 2.05) is 17.2 Å². The Kier molecular flexibility index (Phi) is 19.3. The number of amides is 1. The van der Waals surface area contributed by atoms with Crippen molar-refractivity contribution in [3.8, 4) is 10.7 Å². The first-order chi connectivity index (χ1) is 31.3. The SMILES string of the molecule is CCC(=O)/N=C1\[C@H](C)C[C@@](C)(O)[C@H](O[C@@H]2O[C@H](C)C[C@H](N(C)C)[C@H]2OC(C)=O)[C@@H](C)C(=O)[C@](C)(F)C(=O)O[C@H](CC)[C@@](C)(O)[C@H](OCC(CC)=NOCc2csc(-c3cccc(N)n3)n2)[C@H]1C. The lowest BCUT2D eigenvalue weighted by molar-refractivity contribution is -0.295. The van der Waals surface area contributed by atoms with Gasteiger partial charge in [0.05, 0.1) is 48.0 Å². The summed E-state index contributed by atoms with van der Waals surface area (Å²) >= 11 is 1.37. The molecule has 0 aliphatic carbocycles. The van der Waals surface area contributed by atoms with Crippen LogP contribution in [0.4, 0.5) is 10.2 Å². The highest BCUT2D eigenvalue weighted by Gasteiger charge is 2.56. The topological polar surface area (TPSA) is 244 Å². The predicted molar refractivity (Wildman–Crippen MR) is 250 cm³/mol. The molecule has 0 spiro atoms. The molecule has 20 heteroatoms. The van der Waals surface area contributed by atoms with E-state index in [2.05, 4.69) is 20.1 Å². The van der Waals surface area contributed by atoms with Gasteiger partial charge in [0.15, 0.2) is 24.8 Å². The molecule has 374 valence electrons. The first-order valence-electron chi connectivity index (χ1n) is 22.9. The van der Waals surface area contributed by atoms with Crippen molar-refractivity contribution in [2.75, 3.05) is 26.4 Å². The summed E-state index contributed by atoms with van der Waals surface area (Å²) in [4.78, 5) is 75.0. The van der Waals surface area contributed by atoms with Gasteiger partial charge in [-0.05, 0) is 85.5 Å². The summed E-state index contributed by atoms with van der Waals surface area (Å²) in [5.74, 6) is -6.92. The fourth-order valence-corrected chi connectivity index (χ4v) is 9.71. The number of esters is 2. The minimum atomic E-state index is -3.32. The number of hydrogen-bond acceptors (Lipinski definition) is 18. The number of oxime groups is 1. The summed E-state index contributed by atoms with van der Waals surface area (Å²) in [6, 6.07) is 4.84. The molecular weight excluding hydrogens is 892 g/mol. The number of thiazole rings is 1. The Morgan fingerprint density at radius 2 is 1.72 bits per heavy atom. The van der Waals surface area contributed by atoms with Crippen molar-refractivity contribution in [2.45, 2.75) is 175 Å². The van der Waals surface area contributed by atoms with Crippen molar-refractivity contribution in [2.24, 2.45) is 27.9 Å². The standard InChI is InChI=1S/C47H71FN6O12S/c1-14-30(53-62-23-31-24-67-42(50-31)32-18-17-19-35(49)51-32)22-61-41-27(6)37(52-36(56)16-3)25(4)21-45(9,59)40(66-43-38(64-29(8)55)33(54(12)13)20-26(5)63-43)28(7)39(57)46(10,48)44(58)65-34(15-2)47(41,11)60/h17-19,24-28,33-34,38,40-41,43,59-60H,14-16,20-23H2,1-13H3,(H2,49,51)/b52-37+,53-30?/t25-,26-,27+,28+,33+,34-,38-,40-,41-,43+,45-,46+,47-/m1/s1. The van der Waals surface area contributed by atoms with Gasteiger partial charge in [0.1, 0.15) is 28.2 Å². The molecule has 2 aromatic heterocycles. The van der Waals surface area contributed by atoms with Gasteiger partial charge in [-0.1, -0.05) is 52.8 Å². The van der Waals surface area contributed by atoms with E-state index in [1.54, 1.807) is 66.9 Å². The van der Waals surface area contributed by atoms with Crippen LogP contribution in [0, 0.1) is 17.8 Å². The van der Waals surface area contributed by atoms with E-state index in [-0.39, 0.29) is 38.2 Å². The van der Waals surface area contributed by atoms with Gasteiger partial charge in [0.2, 0.25) is 5.91 Å². The number of aliphatic hydroxyl groups is 2. The van der Waals surface area contributed by atoms with Crippen molar-refractivity contribution in [1.29, 1.82) is 0 Å². The molecule has 18 nitrogen and oxygen atoms in total. The van der Waals surface area contributed by atoms with Gasteiger partial charge < -0.3 is 49.4 Å². The summed E-state index contributed by atoms with van der Waals surface area (Å²) in [5, 5.41) is 31.9. The Morgan fingerprint density at radius 3 is 2.31 bits per heavy atom. The Morgan fingerprint density at radius 1 is 1.03 bits per heavy atom. The molecule has 0 aromatic carbocycles. The monoisotopic (exact) mass is 962 g/mol. The van der Waals surface area contributed by atoms with Crippen LogP contribution in [0.3, 0.4) is 0 Å². The van der Waals surface area contributed by atoms with E-state index >= 15 is 4.39 Å². The molecule has 4 N–H and O–H groups in total. The van der Waals surface area contributed by atoms with Crippen LogP contribution in [-0.4, -0.2) is 141 Å². The normalized spacial score (nSPS) is 34.4. The summed E-state index contributed by atoms with van der Waals surface area (Å²) in [6.07, 6.45) is -6.72. The fourth-order valence-electron chi connectivity index (χ4n) is 8.94. The average molecular weight is 963 g/mol. The minimum Gasteiger partial charge on any atom is -0.457 e. The largest absolute Gasteiger partial charge is 0.457 e. The summed E-state index contributed by atoms with van der Waals surface area (Å²) in [5.41, 5.74) is 0.204. The molecule has 2 aromatic rings. The Bertz CT molecular complexity index is 2090. The number of ketones is 1. The van der Waals surface area contributed by atoms with E-state index in [4.69, 9.17) is 34.3 Å². The van der Waals surface area contributed by atoms with Crippen molar-refractivity contribution < 1.29 is 62.3 Å². The van der Waals surface area contributed by atoms with Crippen LogP contribution >= 0.6 is 11.3 Å². The third-order valence-electron chi connectivity index (χ3n) is 12.5. The molecular formula is C47H71FN6O12S. The number of likely N-dealkylation sites (N-methyl/N-ethyl adjacent to an activating group) is 1. The Hall–Kier alpha value is -4.31. The van der Waals surface area contributed by atoms with Gasteiger partial charge in [-0.3, -0.25) is 14.4 Å². The zero-order valence-electron chi connectivity index (χ0n) is 41.1. The van der Waals surface area contributed by atoms with Gasteiger partial charge in [0, 0.05) is 36.3 Å². The van der Waals surface area contributed by atoms with Gasteiger partial charge >= 0.3 is 11.9 Å². The molecule has 1 amide bonds. The lowest BCUT2D eigenvalue weighted by atomic mass is 9.73. The minimum absolute atomic E-state index is 0.0116. The quantitative estimate of drug-likeness (QED) is 0.0897. The number of carbonyl (C=O) groups excluding carboxylic acids is 4. The smallest absolute Gasteiger partial charge is 0.351 e. The summed E-state index contributed by atoms with van der Waals surface area (Å²) < 4.78 is 47.7. The number of Topliss-reactive ketones (excluding diaryl/α,β-unsaturated/α-hetero) is 1. The van der Waals surface area contributed by atoms with Crippen molar-refractivity contribution in [1.82, 2.24) is 14.9 Å². The van der Waals surface area contributed by atoms with Crippen molar-refractivity contribution in [3.63, 3.8) is 0 Å². The van der Waals surface area contributed by atoms with Gasteiger partial charge in [-0.2, -0.15) is 0 Å². The molecule has 4 heterocycles. The maximum absolute atomic E-state index is 17.0. The number of cyclic esters (lactones) is 1. The maximum atomic E-state index is 17.0. The highest BCUT2D eigenvalue weighted by atomic mass is 32.1. The van der Waals surface area contributed by atoms with Crippen molar-refractivity contribution >= 4 is 52.2 Å². The molecule has 4 rings (SSSR count). The molecule has 0 unspecified atom stereocenters. The number of pyridine rings is 1. The average Bonchev–Trinajstić information content (AvgIpc) is 3.73. The number of anilines is 1. The Labute approximate surface area is 397 Å². The number of carbonyl (C=O) groups is 4. The van der Waals surface area contributed by atoms with Crippen LogP contribution in [0.15, 0.2) is 33.7 Å². The second-order valence-corrected chi connectivity index (χ2v) is 19.4. The van der Waals surface area contributed by atoms with Gasteiger partial charge in [0.25, 0.3) is 5.67 Å². The third kappa shape index (κ3) is 13.7. The second-order valence-electron chi connectivity index (χ2n) is 18.5. The van der Waals surface area contributed by atoms with Crippen LogP contribution in [0.5, 0.6) is 0 Å². The molecule has 0 saturated carbocycles. The molecule has 67 heavy (non-hydrogen) atoms. The Balaban J connectivity index is 1.77. The lowest BCUT2D eigenvalue weighted by Crippen LogP contribution is -2.61. The van der Waals surface area contributed by atoms with Crippen LogP contribution in [0.2, 0.25) is 0 Å². The number of ether oxygens (including phenoxy) is 5. The van der Waals surface area contributed by atoms with E-state index < -0.39 is 101 Å². The number of nitrogens with zero attached hydrogens (tertiary/aromatic N) is 5. The number of hydrogen-bond donors (Lipinski definition) is 3. The van der Waals surface area contributed by atoms with Crippen LogP contribution < -0.4 is 5.73 Å². The zero-order valence-corrected chi connectivity index (χ0v) is 41.9. The van der Waals surface area contributed by atoms with E-state index in [9.17, 15) is 29.4 Å². The number of nitrogen functional groups attached to an aromatic ring is 1. The molecule has 2 aliphatic heterocycles. The van der Waals surface area contributed by atoms with Crippen LogP contribution in [-0.2, 0) is 54.3 Å². The number of alkyl halides is 1. The number of nitrogens with two attached hydrogens (primary N) is 1. The zero-order chi connectivity index (χ0) is 50.2. The number of aliphatic imine (C=N–C) groups is 1. The molecule has 2 aliphatic rings.